The molecule has 0 aromatic rings. The van der Waals surface area contributed by atoms with Crippen LogP contribution in [0.2, 0.25) is 22.2 Å². The Kier molecular flexibility index (Phi) is 7.21. The lowest BCUT2D eigenvalue weighted by Gasteiger charge is -2.56. The Bertz CT molecular complexity index is 696. The van der Waals surface area contributed by atoms with Crippen molar-refractivity contribution in [3.8, 4) is 0 Å². The molecule has 0 spiro atoms. The van der Waals surface area contributed by atoms with Gasteiger partial charge < -0.3 is 0 Å². The van der Waals surface area contributed by atoms with Crippen LogP contribution in [0.5, 0.6) is 0 Å². The third kappa shape index (κ3) is 4.25. The van der Waals surface area contributed by atoms with Gasteiger partial charge in [-0.1, -0.05) is 138 Å². The van der Waals surface area contributed by atoms with Crippen molar-refractivity contribution in [3.05, 3.63) is 46.6 Å². The van der Waals surface area contributed by atoms with Crippen LogP contribution in [0.15, 0.2) is 46.6 Å². The molecule has 1 heteroatoms. The number of hydrogen-bond acceptors (Lipinski definition) is 0. The first-order valence-electron chi connectivity index (χ1n) is 13.7. The average Bonchev–Trinajstić information content (AvgIpc) is 3.34. The first-order chi connectivity index (χ1) is 14.9. The van der Waals surface area contributed by atoms with Crippen molar-refractivity contribution in [2.75, 3.05) is 0 Å². The fourth-order valence-corrected chi connectivity index (χ4v) is 17.2. The lowest BCUT2D eigenvalue weighted by Crippen LogP contribution is -2.54. The van der Waals surface area contributed by atoms with Gasteiger partial charge in [-0.25, -0.2) is 0 Å². The molecule has 4 aliphatic rings. The van der Waals surface area contributed by atoms with Crippen LogP contribution in [0.4, 0.5) is 0 Å². The van der Waals surface area contributed by atoms with Crippen molar-refractivity contribution in [2.24, 2.45) is 11.8 Å². The van der Waals surface area contributed by atoms with Crippen molar-refractivity contribution in [2.45, 2.75) is 128 Å². The topological polar surface area (TPSA) is 0 Å². The van der Waals surface area contributed by atoms with Crippen LogP contribution in [-0.2, 0) is 0 Å². The Morgan fingerprint density at radius 1 is 0.613 bits per heavy atom. The van der Waals surface area contributed by atoms with E-state index in [9.17, 15) is 0 Å². The van der Waals surface area contributed by atoms with Crippen LogP contribution in [0.3, 0.4) is 0 Å². The van der Waals surface area contributed by atoms with E-state index in [-0.39, 0.29) is 0 Å². The smallest absolute Gasteiger partial charge is 0.0770 e. The summed E-state index contributed by atoms with van der Waals surface area (Å²) in [5.41, 5.74) is 10.3. The van der Waals surface area contributed by atoms with Gasteiger partial charge in [0.2, 0.25) is 0 Å². The Labute approximate surface area is 194 Å². The Hall–Kier alpha value is -0.823. The fraction of sp³-hybridized carbons (Fsp3) is 0.733. The highest BCUT2D eigenvalue weighted by Crippen LogP contribution is 2.65. The van der Waals surface area contributed by atoms with Crippen LogP contribution in [0, 0.1) is 11.8 Å². The summed E-state index contributed by atoms with van der Waals surface area (Å²) in [6, 6.07) is 0. The molecule has 0 heterocycles. The molecule has 0 aromatic heterocycles. The highest BCUT2D eigenvalue weighted by molar-refractivity contribution is 6.87. The Morgan fingerprint density at radius 2 is 0.968 bits per heavy atom. The second-order valence-corrected chi connectivity index (χ2v) is 16.9. The van der Waals surface area contributed by atoms with Crippen molar-refractivity contribution >= 4 is 8.07 Å². The summed E-state index contributed by atoms with van der Waals surface area (Å²) in [6.45, 7) is 14.7. The standard InChI is InChI=1S/C30H48Si/c1-21(2)27-17-23(5)19-29(27)31(25-13-9-7-10-14-25,26-15-11-8-12-16-26)30-20-24(6)18-28(30)22(3)4/h17-22,25-26,29-30H,7-16H2,1-6H3. The second-order valence-electron chi connectivity index (χ2n) is 12.0. The molecular formula is C30H48Si. The minimum Gasteiger partial charge on any atom is -0.0770 e. The molecule has 4 rings (SSSR count). The summed E-state index contributed by atoms with van der Waals surface area (Å²) < 4.78 is 0. The Balaban J connectivity index is 1.93. The fourth-order valence-electron chi connectivity index (χ4n) is 8.19. The minimum atomic E-state index is -1.75. The molecule has 0 saturated heterocycles. The Morgan fingerprint density at radius 3 is 1.29 bits per heavy atom. The summed E-state index contributed by atoms with van der Waals surface area (Å²) in [5.74, 6) is 1.35. The van der Waals surface area contributed by atoms with Crippen LogP contribution in [-0.4, -0.2) is 8.07 Å². The maximum Gasteiger partial charge on any atom is 0.0826 e. The SMILES string of the molecule is CC1=CC([Si](C2CCCCC2)(C2CCCCC2)C2C=C(C)C=C2C(C)C)C(C(C)C)=C1. The van der Waals surface area contributed by atoms with Gasteiger partial charge in [-0.2, -0.15) is 0 Å². The molecule has 172 valence electrons. The van der Waals surface area contributed by atoms with Crippen LogP contribution >= 0.6 is 0 Å². The van der Waals surface area contributed by atoms with Gasteiger partial charge in [-0.15, -0.1) is 0 Å². The maximum atomic E-state index is 2.80. The van der Waals surface area contributed by atoms with Crippen molar-refractivity contribution in [3.63, 3.8) is 0 Å². The van der Waals surface area contributed by atoms with Crippen molar-refractivity contribution in [1.29, 1.82) is 0 Å². The average molecular weight is 437 g/mol. The first kappa shape index (κ1) is 23.3. The predicted octanol–water partition coefficient (Wildman–Crippen LogP) is 9.93. The van der Waals surface area contributed by atoms with Crippen LogP contribution in [0.25, 0.3) is 0 Å². The largest absolute Gasteiger partial charge is 0.0826 e. The quantitative estimate of drug-likeness (QED) is 0.363. The molecule has 0 radical (unpaired) electrons. The monoisotopic (exact) mass is 436 g/mol. The van der Waals surface area contributed by atoms with Gasteiger partial charge in [0, 0.05) is 0 Å². The maximum absolute atomic E-state index is 2.80. The summed E-state index contributed by atoms with van der Waals surface area (Å²) >= 11 is 0. The molecule has 2 saturated carbocycles. The van der Waals surface area contributed by atoms with Gasteiger partial charge in [0.1, 0.15) is 0 Å². The molecular weight excluding hydrogens is 388 g/mol. The van der Waals surface area contributed by atoms with Crippen molar-refractivity contribution < 1.29 is 0 Å². The van der Waals surface area contributed by atoms with Crippen LogP contribution in [0.1, 0.15) is 106 Å². The molecule has 0 aliphatic heterocycles. The van der Waals surface area contributed by atoms with Gasteiger partial charge in [-0.05, 0) is 47.8 Å². The molecule has 2 atom stereocenters. The number of rotatable bonds is 6. The lowest BCUT2D eigenvalue weighted by atomic mass is 9.98. The third-order valence-corrected chi connectivity index (χ3v) is 16.5. The van der Waals surface area contributed by atoms with E-state index in [1.54, 1.807) is 22.3 Å². The second kappa shape index (κ2) is 9.58. The lowest BCUT2D eigenvalue weighted by molar-refractivity contribution is 0.441. The van der Waals surface area contributed by atoms with Crippen LogP contribution < -0.4 is 0 Å². The molecule has 0 bridgehead atoms. The van der Waals surface area contributed by atoms with Gasteiger partial charge in [0.25, 0.3) is 0 Å². The van der Waals surface area contributed by atoms with E-state index in [2.05, 4.69) is 65.8 Å². The summed E-state index contributed by atoms with van der Waals surface area (Å²) in [5, 5.41) is 0. The van der Waals surface area contributed by atoms with E-state index in [0.717, 1.165) is 22.2 Å². The molecule has 4 aliphatic carbocycles. The van der Waals surface area contributed by atoms with E-state index in [0.29, 0.717) is 11.8 Å². The first-order valence-corrected chi connectivity index (χ1v) is 16.0. The summed E-state index contributed by atoms with van der Waals surface area (Å²) in [7, 11) is -1.75. The van der Waals surface area contributed by atoms with E-state index < -0.39 is 8.07 Å². The number of hydrogen-bond donors (Lipinski definition) is 0. The predicted molar refractivity (Wildman–Crippen MR) is 140 cm³/mol. The molecule has 2 fully saturated rings. The van der Waals surface area contributed by atoms with E-state index in [1.807, 2.05) is 0 Å². The molecule has 0 amide bonds. The zero-order valence-electron chi connectivity index (χ0n) is 21.3. The normalized spacial score (nSPS) is 28.8. The van der Waals surface area contributed by atoms with Gasteiger partial charge >= 0.3 is 0 Å². The highest BCUT2D eigenvalue weighted by atomic mass is 28.3. The molecule has 0 aromatic carbocycles. The summed E-state index contributed by atoms with van der Waals surface area (Å²) in [6.07, 6.45) is 25.8. The molecule has 0 nitrogen and oxygen atoms in total. The third-order valence-electron chi connectivity index (χ3n) is 9.40. The minimum absolute atomic E-state index is 0.677. The van der Waals surface area contributed by atoms with E-state index in [4.69, 9.17) is 0 Å². The highest BCUT2D eigenvalue weighted by Gasteiger charge is 2.58. The number of allylic oxidation sites excluding steroid dienone is 8. The van der Waals surface area contributed by atoms with E-state index in [1.165, 1.54) is 64.2 Å². The summed E-state index contributed by atoms with van der Waals surface area (Å²) in [4.78, 5) is 0. The zero-order chi connectivity index (χ0) is 22.2. The molecule has 31 heavy (non-hydrogen) atoms. The zero-order valence-corrected chi connectivity index (χ0v) is 22.3. The molecule has 2 unspecified atom stereocenters. The van der Waals surface area contributed by atoms with Crippen molar-refractivity contribution in [1.82, 2.24) is 0 Å². The van der Waals surface area contributed by atoms with Gasteiger partial charge in [-0.3, -0.25) is 0 Å². The van der Waals surface area contributed by atoms with Gasteiger partial charge in [0.15, 0.2) is 0 Å². The van der Waals surface area contributed by atoms with E-state index >= 15 is 0 Å². The van der Waals surface area contributed by atoms with Gasteiger partial charge in [0.05, 0.1) is 8.07 Å². The molecule has 0 N–H and O–H groups in total.